The molecule has 6 heteroatoms. The average molecular weight is 307 g/mol. The number of ether oxygens (including phenoxy) is 1. The Bertz CT molecular complexity index is 647. The Morgan fingerprint density at radius 3 is 2.81 bits per heavy atom. The van der Waals surface area contributed by atoms with Gasteiger partial charge < -0.3 is 20.9 Å². The number of hydrogen-bond donors (Lipinski definition) is 3. The van der Waals surface area contributed by atoms with Crippen LogP contribution in [0.25, 0.3) is 0 Å². The molecule has 0 unspecified atom stereocenters. The van der Waals surface area contributed by atoms with Crippen molar-refractivity contribution >= 4 is 23.2 Å². The van der Waals surface area contributed by atoms with E-state index in [1.807, 2.05) is 12.1 Å². The maximum absolute atomic E-state index is 11.9. The summed E-state index contributed by atoms with van der Waals surface area (Å²) in [4.78, 5) is 11.9. The fourth-order valence-corrected chi connectivity index (χ4v) is 1.92. The number of hydrogen-bond acceptors (Lipinski definition) is 4. The van der Waals surface area contributed by atoms with E-state index in [0.717, 1.165) is 0 Å². The molecule has 0 radical (unpaired) electrons. The molecule has 110 valence electrons. The van der Waals surface area contributed by atoms with E-state index in [9.17, 15) is 9.90 Å². The van der Waals surface area contributed by atoms with E-state index >= 15 is 0 Å². The van der Waals surface area contributed by atoms with Crippen LogP contribution in [0.15, 0.2) is 42.5 Å². The van der Waals surface area contributed by atoms with E-state index < -0.39 is 0 Å². The van der Waals surface area contributed by atoms with Gasteiger partial charge in [0.2, 0.25) is 0 Å². The minimum Gasteiger partial charge on any atom is -0.508 e. The smallest absolute Gasteiger partial charge is 0.253 e. The number of aromatic hydroxyl groups is 1. The molecule has 0 spiro atoms. The van der Waals surface area contributed by atoms with Gasteiger partial charge in [0, 0.05) is 0 Å². The summed E-state index contributed by atoms with van der Waals surface area (Å²) in [6, 6.07) is 11.3. The van der Waals surface area contributed by atoms with Crippen LogP contribution in [0.4, 0.5) is 5.69 Å². The normalized spacial score (nSPS) is 10.1. The number of nitrogens with one attached hydrogen (secondary N) is 1. The Morgan fingerprint density at radius 1 is 1.29 bits per heavy atom. The van der Waals surface area contributed by atoms with Gasteiger partial charge in [-0.2, -0.15) is 0 Å². The summed E-state index contributed by atoms with van der Waals surface area (Å²) >= 11 is 5.90. The Balaban J connectivity index is 1.85. The number of carbonyl (C=O) groups is 1. The number of para-hydroxylation sites is 2. The summed E-state index contributed by atoms with van der Waals surface area (Å²) in [5, 5.41) is 12.3. The van der Waals surface area contributed by atoms with Crippen molar-refractivity contribution in [2.45, 2.75) is 0 Å². The third-order valence-electron chi connectivity index (χ3n) is 2.76. The van der Waals surface area contributed by atoms with Gasteiger partial charge >= 0.3 is 0 Å². The molecule has 21 heavy (non-hydrogen) atoms. The van der Waals surface area contributed by atoms with Gasteiger partial charge in [0.15, 0.2) is 0 Å². The third-order valence-corrected chi connectivity index (χ3v) is 3.09. The molecule has 0 bridgehead atoms. The first-order valence-corrected chi connectivity index (χ1v) is 6.70. The second-order valence-corrected chi connectivity index (χ2v) is 4.71. The second-order valence-electron chi connectivity index (χ2n) is 4.31. The number of phenolic OH excluding ortho intramolecular Hbond substituents is 1. The molecule has 2 aromatic carbocycles. The van der Waals surface area contributed by atoms with Crippen molar-refractivity contribution in [1.82, 2.24) is 5.32 Å². The predicted octanol–water partition coefficient (Wildman–Crippen LogP) is 2.44. The van der Waals surface area contributed by atoms with E-state index in [1.165, 1.54) is 18.2 Å². The second kappa shape index (κ2) is 6.85. The summed E-state index contributed by atoms with van der Waals surface area (Å²) < 4.78 is 5.45. The lowest BCUT2D eigenvalue weighted by Crippen LogP contribution is -2.28. The van der Waals surface area contributed by atoms with Gasteiger partial charge in [-0.15, -0.1) is 0 Å². The summed E-state index contributed by atoms with van der Waals surface area (Å²) in [5.41, 5.74) is 6.49. The van der Waals surface area contributed by atoms with E-state index in [0.29, 0.717) is 18.0 Å². The average Bonchev–Trinajstić information content (AvgIpc) is 2.47. The lowest BCUT2D eigenvalue weighted by Gasteiger charge is -2.10. The number of phenols is 1. The van der Waals surface area contributed by atoms with Crippen LogP contribution in [0.2, 0.25) is 5.02 Å². The molecule has 0 heterocycles. The number of nitrogen functional groups attached to an aromatic ring is 1. The molecule has 0 aromatic heterocycles. The maximum Gasteiger partial charge on any atom is 0.253 e. The number of benzene rings is 2. The number of amides is 1. The van der Waals surface area contributed by atoms with Gasteiger partial charge in [-0.05, 0) is 30.3 Å². The first-order valence-electron chi connectivity index (χ1n) is 6.32. The molecule has 0 atom stereocenters. The van der Waals surface area contributed by atoms with Gasteiger partial charge in [0.05, 0.1) is 22.8 Å². The fourth-order valence-electron chi connectivity index (χ4n) is 1.72. The van der Waals surface area contributed by atoms with E-state index in [1.54, 1.807) is 12.1 Å². The highest BCUT2D eigenvalue weighted by atomic mass is 35.5. The maximum atomic E-state index is 11.9. The number of rotatable bonds is 5. The number of carbonyl (C=O) groups excluding carboxylic acids is 1. The minimum absolute atomic E-state index is 0.0159. The molecule has 0 saturated carbocycles. The topological polar surface area (TPSA) is 84.6 Å². The van der Waals surface area contributed by atoms with Crippen LogP contribution in [-0.2, 0) is 0 Å². The van der Waals surface area contributed by atoms with Crippen molar-refractivity contribution in [3.63, 3.8) is 0 Å². The van der Waals surface area contributed by atoms with Crippen LogP contribution < -0.4 is 15.8 Å². The Kier molecular flexibility index (Phi) is 4.90. The number of halogens is 1. The predicted molar refractivity (Wildman–Crippen MR) is 81.8 cm³/mol. The fraction of sp³-hybridized carbons (Fsp3) is 0.133. The minimum atomic E-state index is -0.375. The quantitative estimate of drug-likeness (QED) is 0.585. The lowest BCUT2D eigenvalue weighted by atomic mass is 10.2. The van der Waals surface area contributed by atoms with Gasteiger partial charge in [0.1, 0.15) is 18.1 Å². The van der Waals surface area contributed by atoms with Crippen molar-refractivity contribution in [2.75, 3.05) is 18.9 Å². The number of anilines is 1. The standard InChI is InChI=1S/C15H15ClN2O3/c16-12-6-5-10(19)9-11(12)15(20)18-7-8-21-14-4-2-1-3-13(14)17/h1-6,9,19H,7-8,17H2,(H,18,20). The molecule has 0 aliphatic heterocycles. The molecule has 2 rings (SSSR count). The first kappa shape index (κ1) is 15.0. The van der Waals surface area contributed by atoms with Crippen LogP contribution in [-0.4, -0.2) is 24.2 Å². The third kappa shape index (κ3) is 4.03. The molecule has 1 amide bonds. The Morgan fingerprint density at radius 2 is 2.05 bits per heavy atom. The molecule has 0 aliphatic rings. The molecular formula is C15H15ClN2O3. The van der Waals surface area contributed by atoms with Gasteiger partial charge in [-0.1, -0.05) is 23.7 Å². The molecule has 5 nitrogen and oxygen atoms in total. The van der Waals surface area contributed by atoms with Gasteiger partial charge in [-0.25, -0.2) is 0 Å². The lowest BCUT2D eigenvalue weighted by molar-refractivity contribution is 0.0947. The van der Waals surface area contributed by atoms with Crippen LogP contribution in [0.3, 0.4) is 0 Å². The largest absolute Gasteiger partial charge is 0.508 e. The molecular weight excluding hydrogens is 292 g/mol. The number of nitrogens with two attached hydrogens (primary N) is 1. The molecule has 0 aliphatic carbocycles. The van der Waals surface area contributed by atoms with E-state index in [2.05, 4.69) is 5.32 Å². The summed E-state index contributed by atoms with van der Waals surface area (Å²) in [6.45, 7) is 0.565. The first-order chi connectivity index (χ1) is 10.1. The van der Waals surface area contributed by atoms with E-state index in [4.69, 9.17) is 22.1 Å². The monoisotopic (exact) mass is 306 g/mol. The zero-order valence-electron chi connectivity index (χ0n) is 11.2. The van der Waals surface area contributed by atoms with Crippen LogP contribution in [0.5, 0.6) is 11.5 Å². The van der Waals surface area contributed by atoms with Crippen molar-refractivity contribution in [3.8, 4) is 11.5 Å². The van der Waals surface area contributed by atoms with E-state index in [-0.39, 0.29) is 28.8 Å². The van der Waals surface area contributed by atoms with Gasteiger partial charge in [-0.3, -0.25) is 4.79 Å². The highest BCUT2D eigenvalue weighted by Gasteiger charge is 2.10. The van der Waals surface area contributed by atoms with Crippen LogP contribution in [0.1, 0.15) is 10.4 Å². The summed E-state index contributed by atoms with van der Waals surface area (Å²) in [5.74, 6) is 0.181. The van der Waals surface area contributed by atoms with Crippen LogP contribution >= 0.6 is 11.6 Å². The Labute approximate surface area is 127 Å². The van der Waals surface area contributed by atoms with Crippen molar-refractivity contribution in [3.05, 3.63) is 53.1 Å². The molecule has 0 saturated heterocycles. The zero-order valence-corrected chi connectivity index (χ0v) is 11.9. The summed E-state index contributed by atoms with van der Waals surface area (Å²) in [7, 11) is 0. The highest BCUT2D eigenvalue weighted by molar-refractivity contribution is 6.33. The van der Waals surface area contributed by atoms with Gasteiger partial charge in [0.25, 0.3) is 5.91 Å². The van der Waals surface area contributed by atoms with Crippen molar-refractivity contribution < 1.29 is 14.6 Å². The Hall–Kier alpha value is -2.40. The molecule has 4 N–H and O–H groups in total. The molecule has 2 aromatic rings. The van der Waals surface area contributed by atoms with Crippen LogP contribution in [0, 0.1) is 0 Å². The SMILES string of the molecule is Nc1ccccc1OCCNC(=O)c1cc(O)ccc1Cl. The highest BCUT2D eigenvalue weighted by Crippen LogP contribution is 2.21. The zero-order chi connectivity index (χ0) is 15.2. The van der Waals surface area contributed by atoms with Crippen molar-refractivity contribution in [2.24, 2.45) is 0 Å². The summed E-state index contributed by atoms with van der Waals surface area (Å²) in [6.07, 6.45) is 0. The molecule has 0 fully saturated rings. The van der Waals surface area contributed by atoms with Crippen molar-refractivity contribution in [1.29, 1.82) is 0 Å².